The highest BCUT2D eigenvalue weighted by Crippen LogP contribution is 2.31. The van der Waals surface area contributed by atoms with E-state index >= 15 is 0 Å². The number of nitrogens with one attached hydrogen (secondary N) is 1. The van der Waals surface area contributed by atoms with Crippen LogP contribution in [0.4, 0.5) is 5.69 Å². The van der Waals surface area contributed by atoms with Crippen molar-refractivity contribution in [3.05, 3.63) is 29.3 Å². The van der Waals surface area contributed by atoms with Gasteiger partial charge in [-0.2, -0.15) is 0 Å². The fraction of sp³-hybridized carbons (Fsp3) is 0.625. The van der Waals surface area contributed by atoms with Gasteiger partial charge in [-0.15, -0.1) is 0 Å². The third kappa shape index (κ3) is 2.39. The van der Waals surface area contributed by atoms with Gasteiger partial charge < -0.3 is 10.2 Å². The van der Waals surface area contributed by atoms with E-state index in [4.69, 9.17) is 0 Å². The van der Waals surface area contributed by atoms with E-state index < -0.39 is 0 Å². The lowest BCUT2D eigenvalue weighted by Crippen LogP contribution is -2.36. The average Bonchev–Trinajstić information content (AvgIpc) is 2.40. The summed E-state index contributed by atoms with van der Waals surface area (Å²) in [5, 5.41) is 3.67. The molecule has 0 spiro atoms. The number of nitrogens with zero attached hydrogens (tertiary/aromatic N) is 1. The Morgan fingerprint density at radius 2 is 2.22 bits per heavy atom. The number of aryl methyl sites for hydroxylation is 1. The van der Waals surface area contributed by atoms with Crippen LogP contribution in [0.15, 0.2) is 18.2 Å². The Morgan fingerprint density at radius 1 is 1.28 bits per heavy atom. The van der Waals surface area contributed by atoms with Crippen LogP contribution in [0, 0.1) is 0 Å². The third-order valence-corrected chi connectivity index (χ3v) is 4.40. The Bertz CT molecular complexity index is 408. The van der Waals surface area contributed by atoms with Gasteiger partial charge in [0, 0.05) is 25.3 Å². The molecule has 1 atom stereocenters. The van der Waals surface area contributed by atoms with Gasteiger partial charge in [0.05, 0.1) is 0 Å². The van der Waals surface area contributed by atoms with Crippen LogP contribution in [0.3, 0.4) is 0 Å². The Kier molecular flexibility index (Phi) is 3.55. The SMILES string of the molecule is CN1CCCc2cccc(CC3CCCCN3)c21. The van der Waals surface area contributed by atoms with E-state index in [1.807, 2.05) is 0 Å². The van der Waals surface area contributed by atoms with E-state index in [0.29, 0.717) is 6.04 Å². The molecule has 18 heavy (non-hydrogen) atoms. The Balaban J connectivity index is 1.82. The van der Waals surface area contributed by atoms with Gasteiger partial charge >= 0.3 is 0 Å². The van der Waals surface area contributed by atoms with Crippen molar-refractivity contribution in [2.45, 2.75) is 44.6 Å². The molecule has 2 aliphatic heterocycles. The highest BCUT2D eigenvalue weighted by molar-refractivity contribution is 5.61. The minimum atomic E-state index is 0.695. The standard InChI is InChI=1S/C16H24N2/c1-18-11-5-8-13-6-4-7-14(16(13)18)12-15-9-2-3-10-17-15/h4,6-7,15,17H,2-3,5,8-12H2,1H3. The zero-order chi connectivity index (χ0) is 12.4. The van der Waals surface area contributed by atoms with Crippen molar-refractivity contribution in [1.29, 1.82) is 0 Å². The summed E-state index contributed by atoms with van der Waals surface area (Å²) in [5.74, 6) is 0. The normalized spacial score (nSPS) is 23.8. The van der Waals surface area contributed by atoms with Crippen LogP contribution in [0.25, 0.3) is 0 Å². The molecule has 1 fully saturated rings. The van der Waals surface area contributed by atoms with Crippen molar-refractivity contribution >= 4 is 5.69 Å². The van der Waals surface area contributed by atoms with E-state index in [0.717, 1.165) is 0 Å². The Hall–Kier alpha value is -1.02. The minimum absolute atomic E-state index is 0.695. The zero-order valence-electron chi connectivity index (χ0n) is 11.4. The van der Waals surface area contributed by atoms with E-state index in [9.17, 15) is 0 Å². The molecule has 2 heteroatoms. The van der Waals surface area contributed by atoms with Gasteiger partial charge in [0.2, 0.25) is 0 Å². The van der Waals surface area contributed by atoms with Gasteiger partial charge in [-0.25, -0.2) is 0 Å². The summed E-state index contributed by atoms with van der Waals surface area (Å²) in [5.41, 5.74) is 4.63. The van der Waals surface area contributed by atoms with Crippen LogP contribution in [-0.4, -0.2) is 26.2 Å². The highest BCUT2D eigenvalue weighted by atomic mass is 15.1. The summed E-state index contributed by atoms with van der Waals surface area (Å²) in [6, 6.07) is 7.58. The maximum atomic E-state index is 3.67. The maximum Gasteiger partial charge on any atom is 0.0429 e. The van der Waals surface area contributed by atoms with Crippen molar-refractivity contribution in [3.63, 3.8) is 0 Å². The minimum Gasteiger partial charge on any atom is -0.374 e. The number of hydrogen-bond acceptors (Lipinski definition) is 2. The first-order valence-corrected chi connectivity index (χ1v) is 7.40. The van der Waals surface area contributed by atoms with E-state index in [2.05, 4.69) is 35.5 Å². The molecule has 0 bridgehead atoms. The fourth-order valence-corrected chi connectivity index (χ4v) is 3.48. The molecule has 0 radical (unpaired) electrons. The first-order chi connectivity index (χ1) is 8.84. The summed E-state index contributed by atoms with van der Waals surface area (Å²) in [7, 11) is 2.25. The smallest absolute Gasteiger partial charge is 0.0429 e. The van der Waals surface area contributed by atoms with Crippen LogP contribution in [-0.2, 0) is 12.8 Å². The molecule has 3 rings (SSSR count). The zero-order valence-corrected chi connectivity index (χ0v) is 11.4. The fourth-order valence-electron chi connectivity index (χ4n) is 3.48. The summed E-state index contributed by atoms with van der Waals surface area (Å²) < 4.78 is 0. The molecule has 0 aromatic heterocycles. The number of hydrogen-bond donors (Lipinski definition) is 1. The second kappa shape index (κ2) is 5.31. The lowest BCUT2D eigenvalue weighted by Gasteiger charge is -2.32. The summed E-state index contributed by atoms with van der Waals surface area (Å²) >= 11 is 0. The number of rotatable bonds is 2. The van der Waals surface area contributed by atoms with Crippen LogP contribution in [0.2, 0.25) is 0 Å². The largest absolute Gasteiger partial charge is 0.374 e. The molecule has 0 amide bonds. The molecule has 2 nitrogen and oxygen atoms in total. The van der Waals surface area contributed by atoms with Gasteiger partial charge in [0.15, 0.2) is 0 Å². The molecule has 0 aliphatic carbocycles. The molecular formula is C16H24N2. The van der Waals surface area contributed by atoms with Gasteiger partial charge in [0.25, 0.3) is 0 Å². The first kappa shape index (κ1) is 12.0. The van der Waals surface area contributed by atoms with Crippen molar-refractivity contribution < 1.29 is 0 Å². The number of anilines is 1. The molecule has 98 valence electrons. The molecule has 1 saturated heterocycles. The van der Waals surface area contributed by atoms with Crippen LogP contribution in [0.5, 0.6) is 0 Å². The van der Waals surface area contributed by atoms with Crippen molar-refractivity contribution in [2.75, 3.05) is 25.0 Å². The molecule has 1 aromatic rings. The second-order valence-corrected chi connectivity index (χ2v) is 5.80. The highest BCUT2D eigenvalue weighted by Gasteiger charge is 2.20. The van der Waals surface area contributed by atoms with Crippen molar-refractivity contribution in [3.8, 4) is 0 Å². The quantitative estimate of drug-likeness (QED) is 0.860. The molecule has 0 saturated carbocycles. The van der Waals surface area contributed by atoms with Crippen molar-refractivity contribution in [2.24, 2.45) is 0 Å². The van der Waals surface area contributed by atoms with Crippen molar-refractivity contribution in [1.82, 2.24) is 5.32 Å². The topological polar surface area (TPSA) is 15.3 Å². The number of fused-ring (bicyclic) bond motifs is 1. The summed E-state index contributed by atoms with van der Waals surface area (Å²) in [4.78, 5) is 2.46. The summed E-state index contributed by atoms with van der Waals surface area (Å²) in [6.45, 7) is 2.41. The summed E-state index contributed by atoms with van der Waals surface area (Å²) in [6.07, 6.45) is 7.84. The molecule has 2 aliphatic rings. The maximum absolute atomic E-state index is 3.67. The predicted molar refractivity (Wildman–Crippen MR) is 77.4 cm³/mol. The first-order valence-electron chi connectivity index (χ1n) is 7.40. The third-order valence-electron chi connectivity index (χ3n) is 4.40. The predicted octanol–water partition coefficient (Wildman–Crippen LogP) is 2.75. The van der Waals surface area contributed by atoms with Gasteiger partial charge in [0.1, 0.15) is 0 Å². The number of piperidine rings is 1. The number of benzene rings is 1. The van der Waals surface area contributed by atoms with Crippen LogP contribution in [0.1, 0.15) is 36.8 Å². The van der Waals surface area contributed by atoms with Gasteiger partial charge in [-0.05, 0) is 49.8 Å². The Labute approximate surface area is 110 Å². The monoisotopic (exact) mass is 244 g/mol. The molecule has 2 heterocycles. The Morgan fingerprint density at radius 3 is 3.06 bits per heavy atom. The molecule has 1 N–H and O–H groups in total. The molecule has 1 unspecified atom stereocenters. The number of para-hydroxylation sites is 1. The lowest BCUT2D eigenvalue weighted by molar-refractivity contribution is 0.399. The van der Waals surface area contributed by atoms with Gasteiger partial charge in [-0.1, -0.05) is 24.6 Å². The molecular weight excluding hydrogens is 220 g/mol. The second-order valence-electron chi connectivity index (χ2n) is 5.80. The molecule has 1 aromatic carbocycles. The van der Waals surface area contributed by atoms with Crippen LogP contribution < -0.4 is 10.2 Å². The lowest BCUT2D eigenvalue weighted by atomic mass is 9.92. The van der Waals surface area contributed by atoms with E-state index in [1.54, 1.807) is 11.1 Å². The van der Waals surface area contributed by atoms with Crippen LogP contribution >= 0.6 is 0 Å². The average molecular weight is 244 g/mol. The van der Waals surface area contributed by atoms with E-state index in [-0.39, 0.29) is 0 Å². The van der Waals surface area contributed by atoms with Gasteiger partial charge in [-0.3, -0.25) is 0 Å². The van der Waals surface area contributed by atoms with E-state index in [1.165, 1.54) is 57.3 Å².